The van der Waals surface area contributed by atoms with Crippen molar-refractivity contribution >= 4 is 11.9 Å². The Bertz CT molecular complexity index is 233. The van der Waals surface area contributed by atoms with Crippen LogP contribution in [0.1, 0.15) is 19.8 Å². The SMILES string of the molecule is CCOC(=O)CCC(=O)OC1COCOC1. The molecule has 1 aliphatic heterocycles. The lowest BCUT2D eigenvalue weighted by Gasteiger charge is -2.22. The van der Waals surface area contributed by atoms with Gasteiger partial charge in [0.05, 0.1) is 32.7 Å². The molecule has 1 saturated heterocycles. The number of ether oxygens (including phenoxy) is 4. The molecular weight excluding hydrogens is 216 g/mol. The van der Waals surface area contributed by atoms with E-state index in [0.29, 0.717) is 19.8 Å². The molecule has 0 bridgehead atoms. The zero-order valence-electron chi connectivity index (χ0n) is 9.27. The lowest BCUT2D eigenvalue weighted by atomic mass is 10.3. The van der Waals surface area contributed by atoms with Gasteiger partial charge in [-0.3, -0.25) is 9.59 Å². The van der Waals surface area contributed by atoms with E-state index in [-0.39, 0.29) is 25.7 Å². The number of rotatable bonds is 5. The van der Waals surface area contributed by atoms with Crippen LogP contribution >= 0.6 is 0 Å². The second kappa shape index (κ2) is 7.19. The molecule has 0 unspecified atom stereocenters. The van der Waals surface area contributed by atoms with Crippen molar-refractivity contribution < 1.29 is 28.5 Å². The smallest absolute Gasteiger partial charge is 0.306 e. The van der Waals surface area contributed by atoms with E-state index < -0.39 is 11.9 Å². The van der Waals surface area contributed by atoms with Gasteiger partial charge < -0.3 is 18.9 Å². The molecule has 0 aromatic carbocycles. The minimum atomic E-state index is -0.438. The quantitative estimate of drug-likeness (QED) is 0.632. The van der Waals surface area contributed by atoms with Crippen LogP contribution in [0.15, 0.2) is 0 Å². The van der Waals surface area contributed by atoms with Crippen LogP contribution in [-0.2, 0) is 28.5 Å². The topological polar surface area (TPSA) is 71.1 Å². The largest absolute Gasteiger partial charge is 0.466 e. The van der Waals surface area contributed by atoms with Crippen molar-refractivity contribution in [1.29, 1.82) is 0 Å². The molecule has 0 amide bonds. The van der Waals surface area contributed by atoms with Crippen molar-refractivity contribution in [2.75, 3.05) is 26.6 Å². The summed E-state index contributed by atoms with van der Waals surface area (Å²) >= 11 is 0. The number of esters is 2. The van der Waals surface area contributed by atoms with Gasteiger partial charge in [-0.1, -0.05) is 0 Å². The minimum Gasteiger partial charge on any atom is -0.466 e. The highest BCUT2D eigenvalue weighted by molar-refractivity contribution is 5.77. The molecule has 0 radical (unpaired) electrons. The summed E-state index contributed by atoms with van der Waals surface area (Å²) in [7, 11) is 0. The van der Waals surface area contributed by atoms with Gasteiger partial charge in [0, 0.05) is 0 Å². The van der Waals surface area contributed by atoms with Gasteiger partial charge in [-0.25, -0.2) is 0 Å². The van der Waals surface area contributed by atoms with Gasteiger partial charge >= 0.3 is 11.9 Å². The average Bonchev–Trinajstić information content (AvgIpc) is 2.28. The van der Waals surface area contributed by atoms with Gasteiger partial charge in [0.2, 0.25) is 0 Å². The lowest BCUT2D eigenvalue weighted by Crippen LogP contribution is -2.33. The second-order valence-corrected chi connectivity index (χ2v) is 3.28. The maximum atomic E-state index is 11.3. The van der Waals surface area contributed by atoms with E-state index in [1.807, 2.05) is 0 Å². The summed E-state index contributed by atoms with van der Waals surface area (Å²) in [6, 6.07) is 0. The Kier molecular flexibility index (Phi) is 5.81. The fourth-order valence-corrected chi connectivity index (χ4v) is 1.22. The van der Waals surface area contributed by atoms with E-state index in [2.05, 4.69) is 4.74 Å². The molecule has 0 aliphatic carbocycles. The Morgan fingerprint density at radius 1 is 1.19 bits per heavy atom. The molecule has 0 aromatic rings. The standard InChI is InChI=1S/C10H16O6/c1-2-15-9(11)3-4-10(12)16-8-5-13-7-14-6-8/h8H,2-7H2,1H3. The second-order valence-electron chi connectivity index (χ2n) is 3.28. The number of hydrogen-bond acceptors (Lipinski definition) is 6. The summed E-state index contributed by atoms with van der Waals surface area (Å²) in [5, 5.41) is 0. The van der Waals surface area contributed by atoms with E-state index in [4.69, 9.17) is 14.2 Å². The fourth-order valence-electron chi connectivity index (χ4n) is 1.22. The molecule has 0 N–H and O–H groups in total. The monoisotopic (exact) mass is 232 g/mol. The highest BCUT2D eigenvalue weighted by Gasteiger charge is 2.19. The first-order valence-electron chi connectivity index (χ1n) is 5.23. The van der Waals surface area contributed by atoms with Gasteiger partial charge in [0.1, 0.15) is 12.9 Å². The van der Waals surface area contributed by atoms with Gasteiger partial charge in [-0.15, -0.1) is 0 Å². The summed E-state index contributed by atoms with van der Waals surface area (Å²) in [5.41, 5.74) is 0. The van der Waals surface area contributed by atoms with Crippen molar-refractivity contribution in [1.82, 2.24) is 0 Å². The molecular formula is C10H16O6. The molecule has 6 heteroatoms. The van der Waals surface area contributed by atoms with Crippen LogP contribution in [-0.4, -0.2) is 44.7 Å². The Balaban J connectivity index is 2.12. The van der Waals surface area contributed by atoms with Crippen LogP contribution in [0.5, 0.6) is 0 Å². The Labute approximate surface area is 93.8 Å². The predicted molar refractivity (Wildman–Crippen MR) is 52.5 cm³/mol. The highest BCUT2D eigenvalue weighted by atomic mass is 16.7. The predicted octanol–water partition coefficient (Wildman–Crippen LogP) is 0.246. The van der Waals surface area contributed by atoms with Gasteiger partial charge in [0.25, 0.3) is 0 Å². The first-order valence-corrected chi connectivity index (χ1v) is 5.23. The Morgan fingerprint density at radius 3 is 2.44 bits per heavy atom. The molecule has 1 heterocycles. The number of hydrogen-bond donors (Lipinski definition) is 0. The van der Waals surface area contributed by atoms with Crippen LogP contribution in [0.2, 0.25) is 0 Å². The molecule has 0 aromatic heterocycles. The van der Waals surface area contributed by atoms with E-state index in [9.17, 15) is 9.59 Å². The van der Waals surface area contributed by atoms with Crippen LogP contribution < -0.4 is 0 Å². The number of carbonyl (C=O) groups excluding carboxylic acids is 2. The third-order valence-corrected chi connectivity index (χ3v) is 1.91. The Hall–Kier alpha value is -1.14. The highest BCUT2D eigenvalue weighted by Crippen LogP contribution is 2.04. The maximum absolute atomic E-state index is 11.3. The van der Waals surface area contributed by atoms with Crippen molar-refractivity contribution in [3.63, 3.8) is 0 Å². The van der Waals surface area contributed by atoms with Gasteiger partial charge in [0.15, 0.2) is 0 Å². The van der Waals surface area contributed by atoms with Crippen LogP contribution in [0.4, 0.5) is 0 Å². The number of carbonyl (C=O) groups is 2. The van der Waals surface area contributed by atoms with Crippen LogP contribution in [0.3, 0.4) is 0 Å². The van der Waals surface area contributed by atoms with Crippen molar-refractivity contribution in [3.8, 4) is 0 Å². The lowest BCUT2D eigenvalue weighted by molar-refractivity contribution is -0.183. The van der Waals surface area contributed by atoms with Crippen molar-refractivity contribution in [3.05, 3.63) is 0 Å². The molecule has 6 nitrogen and oxygen atoms in total. The molecule has 92 valence electrons. The molecule has 16 heavy (non-hydrogen) atoms. The van der Waals surface area contributed by atoms with Crippen molar-refractivity contribution in [2.45, 2.75) is 25.9 Å². The molecule has 1 fully saturated rings. The van der Waals surface area contributed by atoms with Crippen molar-refractivity contribution in [2.24, 2.45) is 0 Å². The zero-order valence-corrected chi connectivity index (χ0v) is 9.27. The van der Waals surface area contributed by atoms with Crippen LogP contribution in [0, 0.1) is 0 Å². The average molecular weight is 232 g/mol. The first-order chi connectivity index (χ1) is 7.72. The molecule has 0 atom stereocenters. The maximum Gasteiger partial charge on any atom is 0.306 e. The minimum absolute atomic E-state index is 0.0231. The zero-order chi connectivity index (χ0) is 11.8. The third-order valence-electron chi connectivity index (χ3n) is 1.91. The van der Waals surface area contributed by atoms with E-state index in [0.717, 1.165) is 0 Å². The fraction of sp³-hybridized carbons (Fsp3) is 0.800. The Morgan fingerprint density at radius 2 is 1.81 bits per heavy atom. The summed E-state index contributed by atoms with van der Waals surface area (Å²) < 4.78 is 19.6. The summed E-state index contributed by atoms with van der Waals surface area (Å²) in [6.45, 7) is 2.94. The summed E-state index contributed by atoms with van der Waals surface area (Å²) in [6.07, 6.45) is -0.306. The normalized spacial score (nSPS) is 16.8. The summed E-state index contributed by atoms with van der Waals surface area (Å²) in [5.74, 6) is -0.831. The van der Waals surface area contributed by atoms with E-state index >= 15 is 0 Å². The first kappa shape index (κ1) is 12.9. The molecule has 0 spiro atoms. The van der Waals surface area contributed by atoms with E-state index in [1.54, 1.807) is 6.92 Å². The van der Waals surface area contributed by atoms with Gasteiger partial charge in [-0.2, -0.15) is 0 Å². The molecule has 1 rings (SSSR count). The summed E-state index contributed by atoms with van der Waals surface area (Å²) in [4.78, 5) is 22.2. The van der Waals surface area contributed by atoms with Crippen LogP contribution in [0.25, 0.3) is 0 Å². The molecule has 0 saturated carbocycles. The van der Waals surface area contributed by atoms with E-state index in [1.165, 1.54) is 0 Å². The molecule has 1 aliphatic rings. The van der Waals surface area contributed by atoms with Gasteiger partial charge in [-0.05, 0) is 6.92 Å². The third kappa shape index (κ3) is 5.09.